The average molecular weight is 348 g/mol. The molecule has 1 saturated heterocycles. The molecule has 0 bridgehead atoms. The number of fused-ring (bicyclic) bond motifs is 1. The predicted octanol–water partition coefficient (Wildman–Crippen LogP) is 3.61. The Morgan fingerprint density at radius 1 is 1.38 bits per heavy atom. The number of hydrogen-bond acceptors (Lipinski definition) is 6. The van der Waals surface area contributed by atoms with E-state index in [1.807, 2.05) is 16.3 Å². The van der Waals surface area contributed by atoms with Crippen LogP contribution >= 0.6 is 11.3 Å². The van der Waals surface area contributed by atoms with Crippen LogP contribution in [0.25, 0.3) is 0 Å². The summed E-state index contributed by atoms with van der Waals surface area (Å²) < 4.78 is 16.6. The second kappa shape index (κ2) is 6.12. The average Bonchev–Trinajstić information content (AvgIpc) is 3.31. The summed E-state index contributed by atoms with van der Waals surface area (Å²) in [5, 5.41) is 6.05. The van der Waals surface area contributed by atoms with E-state index in [1.165, 1.54) is 11.3 Å². The maximum Gasteiger partial charge on any atom is 0.268 e. The number of rotatable bonds is 3. The minimum atomic E-state index is -0.0315. The zero-order valence-electron chi connectivity index (χ0n) is 13.8. The van der Waals surface area contributed by atoms with Crippen LogP contribution in [0, 0.1) is 0 Å². The molecular weight excluding hydrogens is 328 g/mol. The van der Waals surface area contributed by atoms with Gasteiger partial charge in [-0.25, -0.2) is 0 Å². The van der Waals surface area contributed by atoms with Gasteiger partial charge in [0.2, 0.25) is 0 Å². The molecule has 0 radical (unpaired) electrons. The van der Waals surface area contributed by atoms with Gasteiger partial charge < -0.3 is 18.9 Å². The first-order valence-corrected chi connectivity index (χ1v) is 9.17. The molecule has 128 valence electrons. The van der Waals surface area contributed by atoms with Crippen molar-refractivity contribution in [2.45, 2.75) is 38.6 Å². The quantitative estimate of drug-likeness (QED) is 0.848. The lowest BCUT2D eigenvalue weighted by atomic mass is 10.1. The first-order chi connectivity index (χ1) is 11.6. The van der Waals surface area contributed by atoms with E-state index in [2.05, 4.69) is 19.0 Å². The Hall–Kier alpha value is -2.02. The van der Waals surface area contributed by atoms with Crippen LogP contribution in [0.3, 0.4) is 0 Å². The summed E-state index contributed by atoms with van der Waals surface area (Å²) in [6.45, 7) is 5.87. The molecule has 2 aromatic rings. The number of nitrogens with zero attached hydrogens (tertiary/aromatic N) is 2. The van der Waals surface area contributed by atoms with E-state index in [-0.39, 0.29) is 17.9 Å². The van der Waals surface area contributed by atoms with Crippen molar-refractivity contribution in [2.24, 2.45) is 0 Å². The molecule has 0 spiro atoms. The van der Waals surface area contributed by atoms with Gasteiger partial charge in [-0.3, -0.25) is 4.79 Å². The van der Waals surface area contributed by atoms with Crippen LogP contribution in [-0.2, 0) is 0 Å². The highest BCUT2D eigenvalue weighted by atomic mass is 32.1. The van der Waals surface area contributed by atoms with Crippen molar-refractivity contribution < 1.29 is 18.8 Å². The lowest BCUT2D eigenvalue weighted by Crippen LogP contribution is -2.30. The number of likely N-dealkylation sites (tertiary alicyclic amines) is 1. The lowest BCUT2D eigenvalue weighted by molar-refractivity contribution is 0.0727. The molecule has 0 aromatic carbocycles. The summed E-state index contributed by atoms with van der Waals surface area (Å²) in [5.74, 6) is 2.39. The van der Waals surface area contributed by atoms with Crippen molar-refractivity contribution in [2.75, 3.05) is 19.8 Å². The van der Waals surface area contributed by atoms with Gasteiger partial charge in [0.05, 0.1) is 6.04 Å². The van der Waals surface area contributed by atoms with E-state index in [0.29, 0.717) is 29.6 Å². The van der Waals surface area contributed by atoms with Crippen LogP contribution in [-0.4, -0.2) is 35.7 Å². The number of hydrogen-bond donors (Lipinski definition) is 0. The molecule has 1 atom stereocenters. The third kappa shape index (κ3) is 2.56. The molecule has 2 aliphatic heterocycles. The normalized spacial score (nSPS) is 20.0. The molecule has 4 heterocycles. The Kier molecular flexibility index (Phi) is 3.96. The highest BCUT2D eigenvalue weighted by molar-refractivity contribution is 7.12. The fourth-order valence-corrected chi connectivity index (χ4v) is 4.08. The molecule has 0 aliphatic carbocycles. The molecular formula is C17H20N2O4S. The van der Waals surface area contributed by atoms with Gasteiger partial charge in [0, 0.05) is 23.9 Å². The molecule has 4 rings (SSSR count). The number of thiophene rings is 1. The fraction of sp³-hybridized carbons (Fsp3) is 0.529. The third-order valence-electron chi connectivity index (χ3n) is 4.47. The fourth-order valence-electron chi connectivity index (χ4n) is 3.19. The second-order valence-electron chi connectivity index (χ2n) is 6.42. The Labute approximate surface area is 144 Å². The van der Waals surface area contributed by atoms with Gasteiger partial charge in [-0.2, -0.15) is 0 Å². The third-order valence-corrected chi connectivity index (χ3v) is 5.39. The minimum Gasteiger partial charge on any atom is -0.485 e. The number of aromatic nitrogens is 1. The van der Waals surface area contributed by atoms with Crippen LogP contribution < -0.4 is 9.47 Å². The largest absolute Gasteiger partial charge is 0.485 e. The summed E-state index contributed by atoms with van der Waals surface area (Å²) in [4.78, 5) is 15.5. The standard InChI is InChI=1S/C17H20N2O4S/c1-10(2)13-8-11(18-23-13)12-4-3-5-19(12)17(20)16-15-14(9-24-16)21-6-7-22-15/h8-10,12H,3-7H2,1-2H3/t12-/m0/s1. The summed E-state index contributed by atoms with van der Waals surface area (Å²) >= 11 is 1.38. The molecule has 6 nitrogen and oxygen atoms in total. The highest BCUT2D eigenvalue weighted by Crippen LogP contribution is 2.42. The predicted molar refractivity (Wildman–Crippen MR) is 88.9 cm³/mol. The van der Waals surface area contributed by atoms with Gasteiger partial charge in [0.1, 0.15) is 29.5 Å². The van der Waals surface area contributed by atoms with E-state index in [1.54, 1.807) is 0 Å². The van der Waals surface area contributed by atoms with E-state index in [4.69, 9.17) is 14.0 Å². The molecule has 7 heteroatoms. The SMILES string of the molecule is CC(C)c1cc([C@@H]2CCCN2C(=O)c2scc3c2OCCO3)no1. The van der Waals surface area contributed by atoms with E-state index in [9.17, 15) is 4.79 Å². The van der Waals surface area contributed by atoms with Crippen molar-refractivity contribution in [1.29, 1.82) is 0 Å². The topological polar surface area (TPSA) is 64.8 Å². The van der Waals surface area contributed by atoms with E-state index >= 15 is 0 Å². The van der Waals surface area contributed by atoms with Crippen molar-refractivity contribution in [3.8, 4) is 11.5 Å². The molecule has 0 N–H and O–H groups in total. The van der Waals surface area contributed by atoms with Gasteiger partial charge in [0.15, 0.2) is 11.5 Å². The van der Waals surface area contributed by atoms with Gasteiger partial charge in [0.25, 0.3) is 5.91 Å². The zero-order valence-corrected chi connectivity index (χ0v) is 14.6. The molecule has 2 aromatic heterocycles. The van der Waals surface area contributed by atoms with Crippen LogP contribution in [0.15, 0.2) is 16.0 Å². The Morgan fingerprint density at radius 2 is 2.21 bits per heavy atom. The molecule has 24 heavy (non-hydrogen) atoms. The first-order valence-electron chi connectivity index (χ1n) is 8.29. The monoisotopic (exact) mass is 348 g/mol. The van der Waals surface area contributed by atoms with Gasteiger partial charge in [-0.15, -0.1) is 11.3 Å². The van der Waals surface area contributed by atoms with Crippen molar-refractivity contribution >= 4 is 17.2 Å². The number of carbonyl (C=O) groups is 1. The van der Waals surface area contributed by atoms with Gasteiger partial charge in [-0.05, 0) is 12.8 Å². The Morgan fingerprint density at radius 3 is 3.00 bits per heavy atom. The van der Waals surface area contributed by atoms with Crippen molar-refractivity contribution in [1.82, 2.24) is 10.1 Å². The van der Waals surface area contributed by atoms with E-state index < -0.39 is 0 Å². The van der Waals surface area contributed by atoms with Gasteiger partial charge in [-0.1, -0.05) is 19.0 Å². The van der Waals surface area contributed by atoms with Crippen LogP contribution in [0.2, 0.25) is 0 Å². The maximum atomic E-state index is 13.0. The molecule has 0 saturated carbocycles. The number of carbonyl (C=O) groups excluding carboxylic acids is 1. The molecule has 0 unspecified atom stereocenters. The smallest absolute Gasteiger partial charge is 0.268 e. The van der Waals surface area contributed by atoms with Crippen LogP contribution in [0.5, 0.6) is 11.5 Å². The van der Waals surface area contributed by atoms with Crippen LogP contribution in [0.1, 0.15) is 59.8 Å². The van der Waals surface area contributed by atoms with Gasteiger partial charge >= 0.3 is 0 Å². The number of ether oxygens (including phenoxy) is 2. The zero-order chi connectivity index (χ0) is 16.7. The lowest BCUT2D eigenvalue weighted by Gasteiger charge is -2.23. The Balaban J connectivity index is 1.60. The molecule has 2 aliphatic rings. The number of amides is 1. The van der Waals surface area contributed by atoms with E-state index in [0.717, 1.165) is 30.8 Å². The van der Waals surface area contributed by atoms with Crippen molar-refractivity contribution in [3.05, 3.63) is 27.8 Å². The second-order valence-corrected chi connectivity index (χ2v) is 7.30. The van der Waals surface area contributed by atoms with Crippen molar-refractivity contribution in [3.63, 3.8) is 0 Å². The summed E-state index contributed by atoms with van der Waals surface area (Å²) in [6, 6.07) is 1.95. The molecule has 1 amide bonds. The summed E-state index contributed by atoms with van der Waals surface area (Å²) in [5.41, 5.74) is 0.840. The highest BCUT2D eigenvalue weighted by Gasteiger charge is 2.36. The first kappa shape index (κ1) is 15.5. The summed E-state index contributed by atoms with van der Waals surface area (Å²) in [7, 11) is 0. The Bertz CT molecular complexity index is 752. The summed E-state index contributed by atoms with van der Waals surface area (Å²) in [6.07, 6.45) is 1.87. The molecule has 1 fully saturated rings. The minimum absolute atomic E-state index is 0.0108. The maximum absolute atomic E-state index is 13.0. The van der Waals surface area contributed by atoms with Crippen LogP contribution in [0.4, 0.5) is 0 Å².